The molecule has 0 aliphatic carbocycles. The number of carbonyl (C=O) groups excluding carboxylic acids is 1. The van der Waals surface area contributed by atoms with Crippen LogP contribution in [0.1, 0.15) is 49.8 Å². The maximum Gasteiger partial charge on any atom is 0.266 e. The number of hydrogen-bond acceptors (Lipinski definition) is 3. The molecule has 4 nitrogen and oxygen atoms in total. The molecule has 0 fully saturated rings. The standard InChI is InChI=1S/C24H25Cl2N3O/c1-14-8-22-19(15(2)12-24(3,4)29(22)5)10-16(14)9-17(13-27)23(30)28-21-7-6-18(25)11-20(21)26/h6-11,15H,12H2,1-5H3,(H,28,30)/b17-9-/t15-/m1/s1. The highest BCUT2D eigenvalue weighted by molar-refractivity contribution is 6.36. The van der Waals surface area contributed by atoms with Crippen LogP contribution in [-0.2, 0) is 4.79 Å². The van der Waals surface area contributed by atoms with Crippen molar-refractivity contribution in [3.8, 4) is 6.07 Å². The largest absolute Gasteiger partial charge is 0.369 e. The summed E-state index contributed by atoms with van der Waals surface area (Å²) in [7, 11) is 2.11. The second-order valence-corrected chi connectivity index (χ2v) is 9.34. The molecule has 2 aromatic rings. The number of hydrogen-bond donors (Lipinski definition) is 1. The van der Waals surface area contributed by atoms with Crippen molar-refractivity contribution in [2.75, 3.05) is 17.3 Å². The van der Waals surface area contributed by atoms with Crippen molar-refractivity contribution in [3.63, 3.8) is 0 Å². The number of halogens is 2. The molecule has 0 aromatic heterocycles. The lowest BCUT2D eigenvalue weighted by molar-refractivity contribution is -0.112. The monoisotopic (exact) mass is 441 g/mol. The summed E-state index contributed by atoms with van der Waals surface area (Å²) in [5.41, 5.74) is 4.80. The molecular weight excluding hydrogens is 417 g/mol. The van der Waals surface area contributed by atoms with Crippen LogP contribution in [0.5, 0.6) is 0 Å². The fourth-order valence-corrected chi connectivity index (χ4v) is 4.43. The molecule has 1 N–H and O–H groups in total. The second kappa shape index (κ2) is 8.34. The van der Waals surface area contributed by atoms with E-state index in [0.29, 0.717) is 21.7 Å². The van der Waals surface area contributed by atoms with E-state index >= 15 is 0 Å². The van der Waals surface area contributed by atoms with Gasteiger partial charge >= 0.3 is 0 Å². The minimum Gasteiger partial charge on any atom is -0.369 e. The number of nitrogens with one attached hydrogen (secondary N) is 1. The molecule has 1 aliphatic rings. The van der Waals surface area contributed by atoms with Crippen LogP contribution in [-0.4, -0.2) is 18.5 Å². The van der Waals surface area contributed by atoms with Crippen LogP contribution in [0, 0.1) is 18.3 Å². The van der Waals surface area contributed by atoms with Gasteiger partial charge in [-0.2, -0.15) is 5.26 Å². The Labute approximate surface area is 188 Å². The number of nitriles is 1. The topological polar surface area (TPSA) is 56.1 Å². The maximum atomic E-state index is 12.7. The Balaban J connectivity index is 1.96. The van der Waals surface area contributed by atoms with Crippen LogP contribution >= 0.6 is 23.2 Å². The summed E-state index contributed by atoms with van der Waals surface area (Å²) < 4.78 is 0. The van der Waals surface area contributed by atoms with E-state index in [2.05, 4.69) is 50.2 Å². The van der Waals surface area contributed by atoms with Gasteiger partial charge in [0.25, 0.3) is 5.91 Å². The van der Waals surface area contributed by atoms with Gasteiger partial charge in [0.2, 0.25) is 0 Å². The van der Waals surface area contributed by atoms with E-state index in [1.807, 2.05) is 13.0 Å². The van der Waals surface area contributed by atoms with Crippen molar-refractivity contribution in [1.29, 1.82) is 5.26 Å². The Kier molecular flexibility index (Phi) is 6.17. The highest BCUT2D eigenvalue weighted by atomic mass is 35.5. The molecule has 1 atom stereocenters. The van der Waals surface area contributed by atoms with Crippen LogP contribution in [0.25, 0.3) is 6.08 Å². The number of nitrogens with zero attached hydrogens (tertiary/aromatic N) is 2. The number of amides is 1. The van der Waals surface area contributed by atoms with E-state index < -0.39 is 5.91 Å². The Bertz CT molecular complexity index is 1080. The molecule has 1 heterocycles. The van der Waals surface area contributed by atoms with E-state index in [9.17, 15) is 10.1 Å². The molecule has 0 bridgehead atoms. The zero-order chi connectivity index (χ0) is 22.2. The van der Waals surface area contributed by atoms with Gasteiger partial charge in [-0.3, -0.25) is 4.79 Å². The number of carbonyl (C=O) groups is 1. The van der Waals surface area contributed by atoms with Crippen LogP contribution in [0.4, 0.5) is 11.4 Å². The highest BCUT2D eigenvalue weighted by Crippen LogP contribution is 2.43. The number of benzene rings is 2. The van der Waals surface area contributed by atoms with Crippen molar-refractivity contribution < 1.29 is 4.79 Å². The predicted molar refractivity (Wildman–Crippen MR) is 125 cm³/mol. The van der Waals surface area contributed by atoms with Gasteiger partial charge in [-0.25, -0.2) is 0 Å². The molecule has 2 aromatic carbocycles. The fourth-order valence-electron chi connectivity index (χ4n) is 3.97. The number of anilines is 2. The summed E-state index contributed by atoms with van der Waals surface area (Å²) in [5, 5.41) is 13.1. The molecule has 0 spiro atoms. The average Bonchev–Trinajstić information content (AvgIpc) is 2.66. The zero-order valence-corrected chi connectivity index (χ0v) is 19.3. The summed E-state index contributed by atoms with van der Waals surface area (Å²) in [6.07, 6.45) is 2.67. The lowest BCUT2D eigenvalue weighted by Gasteiger charge is -2.45. The Morgan fingerprint density at radius 2 is 2.00 bits per heavy atom. The first-order valence-corrected chi connectivity index (χ1v) is 10.6. The summed E-state index contributed by atoms with van der Waals surface area (Å²) in [6, 6.07) is 11.0. The minimum atomic E-state index is -0.509. The average molecular weight is 442 g/mol. The maximum absolute atomic E-state index is 12.7. The van der Waals surface area contributed by atoms with Gasteiger partial charge in [-0.1, -0.05) is 30.1 Å². The molecule has 0 saturated carbocycles. The van der Waals surface area contributed by atoms with Crippen LogP contribution in [0.15, 0.2) is 35.9 Å². The molecule has 30 heavy (non-hydrogen) atoms. The van der Waals surface area contributed by atoms with Crippen molar-refractivity contribution in [2.24, 2.45) is 0 Å². The van der Waals surface area contributed by atoms with Gasteiger partial charge in [0.05, 0.1) is 10.7 Å². The molecule has 0 radical (unpaired) electrons. The van der Waals surface area contributed by atoms with Gasteiger partial charge in [-0.05, 0) is 86.2 Å². The first-order valence-electron chi connectivity index (χ1n) is 9.80. The summed E-state index contributed by atoms with van der Waals surface area (Å²) in [5.74, 6) is -0.128. The van der Waals surface area contributed by atoms with E-state index in [4.69, 9.17) is 23.2 Å². The lowest BCUT2D eigenvalue weighted by Crippen LogP contribution is -2.45. The molecule has 6 heteroatoms. The van der Waals surface area contributed by atoms with Gasteiger partial charge in [0.15, 0.2) is 0 Å². The molecule has 156 valence electrons. The molecular formula is C24H25Cl2N3O. The molecule has 0 unspecified atom stereocenters. The zero-order valence-electron chi connectivity index (χ0n) is 17.8. The number of aryl methyl sites for hydroxylation is 1. The molecule has 1 amide bonds. The van der Waals surface area contributed by atoms with Gasteiger partial charge < -0.3 is 10.2 Å². The molecule has 3 rings (SSSR count). The van der Waals surface area contributed by atoms with E-state index in [-0.39, 0.29) is 11.1 Å². The quantitative estimate of drug-likeness (QED) is 0.432. The first kappa shape index (κ1) is 22.2. The van der Waals surface area contributed by atoms with Crippen molar-refractivity contribution in [2.45, 2.75) is 45.6 Å². The highest BCUT2D eigenvalue weighted by Gasteiger charge is 2.34. The van der Waals surface area contributed by atoms with Gasteiger partial charge in [0, 0.05) is 23.3 Å². The Morgan fingerprint density at radius 3 is 2.63 bits per heavy atom. The number of rotatable bonds is 3. The summed E-state index contributed by atoms with van der Waals surface area (Å²) in [4.78, 5) is 15.0. The SMILES string of the molecule is Cc1cc2c(cc1/C=C(/C#N)C(=O)Nc1ccc(Cl)cc1Cl)[C@H](C)CC(C)(C)N2C. The van der Waals surface area contributed by atoms with E-state index in [1.165, 1.54) is 11.3 Å². The van der Waals surface area contributed by atoms with Crippen LogP contribution in [0.3, 0.4) is 0 Å². The van der Waals surface area contributed by atoms with Gasteiger partial charge in [-0.15, -0.1) is 0 Å². The van der Waals surface area contributed by atoms with E-state index in [0.717, 1.165) is 17.5 Å². The first-order chi connectivity index (χ1) is 14.0. The Hall–Kier alpha value is -2.48. The fraction of sp³-hybridized carbons (Fsp3) is 0.333. The molecule has 0 saturated heterocycles. The Morgan fingerprint density at radius 1 is 1.30 bits per heavy atom. The summed E-state index contributed by atoms with van der Waals surface area (Å²) in [6.45, 7) is 8.71. The minimum absolute atomic E-state index is 0.0150. The van der Waals surface area contributed by atoms with Crippen LogP contribution < -0.4 is 10.2 Å². The smallest absolute Gasteiger partial charge is 0.266 e. The lowest BCUT2D eigenvalue weighted by atomic mass is 9.79. The molecule has 1 aliphatic heterocycles. The number of fused-ring (bicyclic) bond motifs is 1. The van der Waals surface area contributed by atoms with Gasteiger partial charge in [0.1, 0.15) is 11.6 Å². The summed E-state index contributed by atoms with van der Waals surface area (Å²) >= 11 is 12.0. The van der Waals surface area contributed by atoms with Crippen molar-refractivity contribution in [1.82, 2.24) is 0 Å². The second-order valence-electron chi connectivity index (χ2n) is 8.49. The normalized spacial score (nSPS) is 17.9. The van der Waals surface area contributed by atoms with Crippen molar-refractivity contribution in [3.05, 3.63) is 62.6 Å². The van der Waals surface area contributed by atoms with E-state index in [1.54, 1.807) is 24.3 Å². The predicted octanol–water partition coefficient (Wildman–Crippen LogP) is 6.57. The third-order valence-corrected chi connectivity index (χ3v) is 6.41. The van der Waals surface area contributed by atoms with Crippen molar-refractivity contribution >= 4 is 46.6 Å². The third kappa shape index (κ3) is 4.33. The van der Waals surface area contributed by atoms with Crippen LogP contribution in [0.2, 0.25) is 10.0 Å². The third-order valence-electron chi connectivity index (χ3n) is 5.87.